The van der Waals surface area contributed by atoms with Gasteiger partial charge in [0.25, 0.3) is 0 Å². The quantitative estimate of drug-likeness (QED) is 0.513. The molecule has 0 unspecified atom stereocenters. The standard InChI is InChI=1S/C15H18Cl2N4O5/c1-6(2)21(19-25)15-18-9-3-7(16)8(17)4-10(9)20(15)14-13(24)12(23)11(5-22)26-14/h3-4,6,11-14,22-24H,5H2,1-2H3/t11-,12-,13-,14-/m0/s1. The third-order valence-electron chi connectivity index (χ3n) is 4.27. The van der Waals surface area contributed by atoms with Gasteiger partial charge >= 0.3 is 0 Å². The lowest BCUT2D eigenvalue weighted by Crippen LogP contribution is -2.34. The lowest BCUT2D eigenvalue weighted by molar-refractivity contribution is -0.0502. The van der Waals surface area contributed by atoms with Gasteiger partial charge in [0.05, 0.1) is 39.0 Å². The van der Waals surface area contributed by atoms with E-state index in [0.29, 0.717) is 11.0 Å². The molecule has 0 amide bonds. The topological polar surface area (TPSA) is 120 Å². The Morgan fingerprint density at radius 1 is 1.31 bits per heavy atom. The van der Waals surface area contributed by atoms with Crippen LogP contribution in [0.4, 0.5) is 5.95 Å². The molecule has 9 nitrogen and oxygen atoms in total. The van der Waals surface area contributed by atoms with E-state index in [0.717, 1.165) is 5.01 Å². The predicted octanol–water partition coefficient (Wildman–Crippen LogP) is 1.85. The Kier molecular flexibility index (Phi) is 5.38. The summed E-state index contributed by atoms with van der Waals surface area (Å²) in [5.41, 5.74) is 0.833. The molecule has 2 aromatic rings. The number of benzene rings is 1. The number of aliphatic hydroxyl groups excluding tert-OH is 3. The molecular weight excluding hydrogens is 387 g/mol. The van der Waals surface area contributed by atoms with E-state index in [9.17, 15) is 20.2 Å². The summed E-state index contributed by atoms with van der Waals surface area (Å²) in [7, 11) is 0. The number of imidazole rings is 1. The molecule has 11 heteroatoms. The molecule has 1 aliphatic rings. The maximum atomic E-state index is 11.4. The van der Waals surface area contributed by atoms with Gasteiger partial charge in [-0.15, -0.1) is 4.91 Å². The number of aliphatic hydroxyl groups is 3. The van der Waals surface area contributed by atoms with Gasteiger partial charge in [-0.25, -0.2) is 4.98 Å². The van der Waals surface area contributed by atoms with Gasteiger partial charge in [-0.2, -0.15) is 5.01 Å². The average Bonchev–Trinajstić information content (AvgIpc) is 3.07. The van der Waals surface area contributed by atoms with Crippen molar-refractivity contribution in [2.75, 3.05) is 11.6 Å². The third-order valence-corrected chi connectivity index (χ3v) is 4.99. The third kappa shape index (κ3) is 3.04. The van der Waals surface area contributed by atoms with Crippen molar-refractivity contribution in [1.29, 1.82) is 0 Å². The van der Waals surface area contributed by atoms with Crippen LogP contribution in [0.25, 0.3) is 11.0 Å². The van der Waals surface area contributed by atoms with E-state index in [1.807, 2.05) is 0 Å². The molecule has 142 valence electrons. The number of nitroso groups, excluding NO2 is 1. The molecule has 26 heavy (non-hydrogen) atoms. The second kappa shape index (κ2) is 7.26. The second-order valence-corrected chi connectivity index (χ2v) is 7.10. The fraction of sp³-hybridized carbons (Fsp3) is 0.533. The van der Waals surface area contributed by atoms with Crippen molar-refractivity contribution < 1.29 is 20.1 Å². The number of anilines is 1. The van der Waals surface area contributed by atoms with Gasteiger partial charge in [-0.1, -0.05) is 23.2 Å². The van der Waals surface area contributed by atoms with Crippen LogP contribution in [0, 0.1) is 4.91 Å². The van der Waals surface area contributed by atoms with Gasteiger partial charge in [0, 0.05) is 0 Å². The Labute approximate surface area is 158 Å². The number of hydrogen-bond acceptors (Lipinski definition) is 7. The van der Waals surface area contributed by atoms with Gasteiger partial charge in [-0.05, 0) is 26.0 Å². The van der Waals surface area contributed by atoms with Crippen LogP contribution in [-0.2, 0) is 4.74 Å². The number of ether oxygens (including phenoxy) is 1. The van der Waals surface area contributed by atoms with E-state index in [1.54, 1.807) is 13.8 Å². The number of rotatable bonds is 5. The molecule has 3 N–H and O–H groups in total. The molecule has 1 fully saturated rings. The van der Waals surface area contributed by atoms with Gasteiger partial charge < -0.3 is 20.1 Å². The maximum Gasteiger partial charge on any atom is 0.232 e. The van der Waals surface area contributed by atoms with E-state index in [-0.39, 0.29) is 22.0 Å². The molecule has 1 saturated heterocycles. The normalized spacial score (nSPS) is 26.0. The van der Waals surface area contributed by atoms with Crippen LogP contribution in [0.1, 0.15) is 20.1 Å². The van der Waals surface area contributed by atoms with Gasteiger partial charge in [0.1, 0.15) is 18.3 Å². The van der Waals surface area contributed by atoms with Crippen molar-refractivity contribution in [2.24, 2.45) is 5.29 Å². The minimum Gasteiger partial charge on any atom is -0.394 e. The van der Waals surface area contributed by atoms with Crippen LogP contribution in [0.15, 0.2) is 17.4 Å². The average molecular weight is 405 g/mol. The second-order valence-electron chi connectivity index (χ2n) is 6.29. The van der Waals surface area contributed by atoms with Crippen molar-refractivity contribution in [1.82, 2.24) is 9.55 Å². The van der Waals surface area contributed by atoms with Crippen LogP contribution >= 0.6 is 23.2 Å². The molecule has 0 bridgehead atoms. The van der Waals surface area contributed by atoms with Crippen molar-refractivity contribution in [3.63, 3.8) is 0 Å². The molecule has 2 heterocycles. The summed E-state index contributed by atoms with van der Waals surface area (Å²) in [4.78, 5) is 15.7. The lowest BCUT2D eigenvalue weighted by atomic mass is 10.1. The Morgan fingerprint density at radius 3 is 2.50 bits per heavy atom. The number of halogens is 2. The fourth-order valence-corrected chi connectivity index (χ4v) is 3.26. The van der Waals surface area contributed by atoms with Crippen LogP contribution in [0.5, 0.6) is 0 Å². The summed E-state index contributed by atoms with van der Waals surface area (Å²) < 4.78 is 7.02. The number of fused-ring (bicyclic) bond motifs is 1. The molecule has 3 rings (SSSR count). The van der Waals surface area contributed by atoms with E-state index in [2.05, 4.69) is 10.3 Å². The molecule has 1 aromatic heterocycles. The van der Waals surface area contributed by atoms with Crippen molar-refractivity contribution in [2.45, 2.75) is 44.4 Å². The van der Waals surface area contributed by atoms with Gasteiger partial charge in [0.15, 0.2) is 6.23 Å². The highest BCUT2D eigenvalue weighted by molar-refractivity contribution is 6.42. The first-order chi connectivity index (χ1) is 12.3. The van der Waals surface area contributed by atoms with E-state index in [4.69, 9.17) is 27.9 Å². The smallest absolute Gasteiger partial charge is 0.232 e. The first kappa shape index (κ1) is 19.3. The van der Waals surface area contributed by atoms with Crippen LogP contribution in [-0.4, -0.2) is 55.8 Å². The molecule has 4 atom stereocenters. The summed E-state index contributed by atoms with van der Waals surface area (Å²) in [6.45, 7) is 2.99. The Balaban J connectivity index is 2.24. The van der Waals surface area contributed by atoms with E-state index < -0.39 is 31.1 Å². The minimum absolute atomic E-state index is 0.0955. The highest BCUT2D eigenvalue weighted by Gasteiger charge is 2.45. The predicted molar refractivity (Wildman–Crippen MR) is 96.2 cm³/mol. The van der Waals surface area contributed by atoms with Crippen molar-refractivity contribution >= 4 is 40.2 Å². The molecule has 1 aromatic carbocycles. The summed E-state index contributed by atoms with van der Waals surface area (Å²) in [6, 6.07) is 2.70. The fourth-order valence-electron chi connectivity index (χ4n) is 2.95. The molecule has 0 aliphatic carbocycles. The van der Waals surface area contributed by atoms with E-state index >= 15 is 0 Å². The monoisotopic (exact) mass is 404 g/mol. The van der Waals surface area contributed by atoms with Gasteiger partial charge in [0.2, 0.25) is 5.95 Å². The molecule has 0 radical (unpaired) electrons. The van der Waals surface area contributed by atoms with Crippen LogP contribution in [0.2, 0.25) is 10.0 Å². The van der Waals surface area contributed by atoms with Crippen LogP contribution < -0.4 is 5.01 Å². The highest BCUT2D eigenvalue weighted by Crippen LogP contribution is 2.38. The zero-order valence-electron chi connectivity index (χ0n) is 14.0. The van der Waals surface area contributed by atoms with Crippen molar-refractivity contribution in [3.05, 3.63) is 27.1 Å². The summed E-state index contributed by atoms with van der Waals surface area (Å²) in [5.74, 6) is 0.0955. The lowest BCUT2D eigenvalue weighted by Gasteiger charge is -2.24. The number of aromatic nitrogens is 2. The zero-order valence-corrected chi connectivity index (χ0v) is 15.5. The SMILES string of the molecule is CC(C)N(N=O)c1nc2cc(Cl)c(Cl)cc2n1[C@H]1O[C@@H](CO)[C@H](O)[C@@H]1O. The minimum atomic E-state index is -1.36. The van der Waals surface area contributed by atoms with E-state index in [1.165, 1.54) is 16.7 Å². The number of nitrogens with zero attached hydrogens (tertiary/aromatic N) is 4. The summed E-state index contributed by atoms with van der Waals surface area (Å²) in [6.07, 6.45) is -4.77. The first-order valence-electron chi connectivity index (χ1n) is 7.92. The van der Waals surface area contributed by atoms with Crippen LogP contribution in [0.3, 0.4) is 0 Å². The Hall–Kier alpha value is -1.49. The largest absolute Gasteiger partial charge is 0.394 e. The first-order valence-corrected chi connectivity index (χ1v) is 8.67. The number of hydrogen-bond donors (Lipinski definition) is 3. The zero-order chi connectivity index (χ0) is 19.2. The molecule has 0 spiro atoms. The highest BCUT2D eigenvalue weighted by atomic mass is 35.5. The molecule has 1 aliphatic heterocycles. The Bertz CT molecular complexity index is 830. The van der Waals surface area contributed by atoms with Gasteiger partial charge in [-0.3, -0.25) is 4.57 Å². The molecular formula is C15H18Cl2N4O5. The maximum absolute atomic E-state index is 11.4. The summed E-state index contributed by atoms with van der Waals surface area (Å²) >= 11 is 12.2. The van der Waals surface area contributed by atoms with Crippen molar-refractivity contribution in [3.8, 4) is 0 Å². The summed E-state index contributed by atoms with van der Waals surface area (Å²) in [5, 5.41) is 34.4. The molecule has 0 saturated carbocycles. The Morgan fingerprint density at radius 2 is 1.96 bits per heavy atom.